The van der Waals surface area contributed by atoms with Gasteiger partial charge in [0.2, 0.25) is 0 Å². The minimum absolute atomic E-state index is 1.42. The minimum atomic E-state index is 1.42. The highest BCUT2D eigenvalue weighted by atomic mass is 32.1. The van der Waals surface area contributed by atoms with Crippen molar-refractivity contribution in [1.82, 2.24) is 0 Å². The van der Waals surface area contributed by atoms with Crippen molar-refractivity contribution < 1.29 is 0 Å². The third-order valence-corrected chi connectivity index (χ3v) is 10.5. The predicted molar refractivity (Wildman–Crippen MR) is 159 cm³/mol. The van der Waals surface area contributed by atoms with E-state index in [0.29, 0.717) is 0 Å². The minimum Gasteiger partial charge on any atom is -0.149 e. The number of rotatable bonds is 0. The highest BCUT2D eigenvalue weighted by Gasteiger charge is 2.02. The molecule has 0 aliphatic carbocycles. The summed E-state index contributed by atoms with van der Waals surface area (Å²) in [6.45, 7) is 28.1. The summed E-state index contributed by atoms with van der Waals surface area (Å²) in [6.07, 6.45) is 0. The standard InChI is InChI=1S/C8H12S.3C7H10S/c1-5-6(2)8(4)9-7(5)3;1-5-4-8-7(3)6(5)2;2*1-5-4-6(2)8-7(5)3/h1-4H3;3*4H,1-3H3. The Bertz CT molecular complexity index is 1020. The normalized spacial score (nSPS) is 9.97. The second-order valence-corrected chi connectivity index (χ2v) is 14.2. The molecule has 0 radical (unpaired) electrons. The summed E-state index contributed by atoms with van der Waals surface area (Å²) in [5.74, 6) is 0. The molecule has 0 spiro atoms. The van der Waals surface area contributed by atoms with Crippen LogP contribution in [0.2, 0.25) is 0 Å². The second-order valence-electron chi connectivity index (χ2n) is 8.76. The number of hydrogen-bond donors (Lipinski definition) is 0. The van der Waals surface area contributed by atoms with Crippen LogP contribution >= 0.6 is 45.3 Å². The van der Waals surface area contributed by atoms with Gasteiger partial charge in [0.25, 0.3) is 0 Å². The first-order valence-electron chi connectivity index (χ1n) is 11.4. The van der Waals surface area contributed by atoms with Crippen molar-refractivity contribution in [3.63, 3.8) is 0 Å². The van der Waals surface area contributed by atoms with E-state index in [9.17, 15) is 0 Å². The van der Waals surface area contributed by atoms with E-state index in [0.717, 1.165) is 0 Å². The molecule has 0 fully saturated rings. The van der Waals surface area contributed by atoms with E-state index in [2.05, 4.69) is 108 Å². The molecule has 0 atom stereocenters. The maximum Gasteiger partial charge on any atom is 0.00489 e. The molecule has 4 rings (SSSR count). The molecule has 0 unspecified atom stereocenters. The Kier molecular flexibility index (Phi) is 12.3. The lowest BCUT2D eigenvalue weighted by atomic mass is 10.2. The summed E-state index contributed by atoms with van der Waals surface area (Å²) in [6, 6.07) is 4.44. The molecule has 0 nitrogen and oxygen atoms in total. The zero-order chi connectivity index (χ0) is 25.5. The fourth-order valence-electron chi connectivity index (χ4n) is 3.06. The SMILES string of the molecule is Cc1cc(C)c(C)s1.Cc1cc(C)c(C)s1.Cc1csc(C)c1C.Cc1sc(C)c(C)c1C. The van der Waals surface area contributed by atoms with Crippen molar-refractivity contribution in [1.29, 1.82) is 0 Å². The third-order valence-electron chi connectivity index (χ3n) is 6.04. The fraction of sp³-hybridized carbons (Fsp3) is 0.448. The summed E-state index contributed by atoms with van der Waals surface area (Å²) in [7, 11) is 0. The summed E-state index contributed by atoms with van der Waals surface area (Å²) in [5, 5.41) is 2.20. The van der Waals surface area contributed by atoms with Crippen molar-refractivity contribution >= 4 is 45.3 Å². The van der Waals surface area contributed by atoms with Crippen molar-refractivity contribution in [2.75, 3.05) is 0 Å². The zero-order valence-electron chi connectivity index (χ0n) is 22.9. The molecule has 0 aromatic carbocycles. The Morgan fingerprint density at radius 3 is 0.879 bits per heavy atom. The van der Waals surface area contributed by atoms with Gasteiger partial charge in [-0.05, 0) is 141 Å². The average Bonchev–Trinajstić information content (AvgIpc) is 3.37. The number of thiophene rings is 4. The highest BCUT2D eigenvalue weighted by molar-refractivity contribution is 7.12. The molecular formula is C29H42S4. The first-order chi connectivity index (χ1) is 15.2. The van der Waals surface area contributed by atoms with Crippen molar-refractivity contribution in [3.8, 4) is 0 Å². The molecule has 0 saturated heterocycles. The highest BCUT2D eigenvalue weighted by Crippen LogP contribution is 2.25. The van der Waals surface area contributed by atoms with E-state index in [4.69, 9.17) is 0 Å². The van der Waals surface area contributed by atoms with E-state index in [1.54, 1.807) is 0 Å². The van der Waals surface area contributed by atoms with Gasteiger partial charge >= 0.3 is 0 Å². The molecule has 33 heavy (non-hydrogen) atoms. The third kappa shape index (κ3) is 9.52. The molecule has 0 bridgehead atoms. The Labute approximate surface area is 219 Å². The summed E-state index contributed by atoms with van der Waals surface area (Å²) >= 11 is 7.47. The van der Waals surface area contributed by atoms with E-state index in [-0.39, 0.29) is 0 Å². The van der Waals surface area contributed by atoms with Gasteiger partial charge in [0.15, 0.2) is 0 Å². The second kappa shape index (κ2) is 13.6. The molecule has 0 amide bonds. The molecular weight excluding hydrogens is 477 g/mol. The predicted octanol–water partition coefficient (Wildman–Crippen LogP) is 11.0. The van der Waals surface area contributed by atoms with Gasteiger partial charge < -0.3 is 0 Å². The van der Waals surface area contributed by atoms with Gasteiger partial charge in [-0.3, -0.25) is 0 Å². The summed E-state index contributed by atoms with van der Waals surface area (Å²) in [5.41, 5.74) is 8.66. The molecule has 4 heterocycles. The van der Waals surface area contributed by atoms with E-state index < -0.39 is 0 Å². The Morgan fingerprint density at radius 1 is 0.394 bits per heavy atom. The lowest BCUT2D eigenvalue weighted by Crippen LogP contribution is -1.73. The molecule has 182 valence electrons. The van der Waals surface area contributed by atoms with Gasteiger partial charge in [-0.2, -0.15) is 0 Å². The molecule has 4 aromatic rings. The van der Waals surface area contributed by atoms with Gasteiger partial charge in [0.1, 0.15) is 0 Å². The van der Waals surface area contributed by atoms with Crippen LogP contribution < -0.4 is 0 Å². The lowest BCUT2D eigenvalue weighted by Gasteiger charge is -1.88. The first kappa shape index (κ1) is 29.8. The topological polar surface area (TPSA) is 0 Å². The zero-order valence-corrected chi connectivity index (χ0v) is 26.1. The summed E-state index contributed by atoms with van der Waals surface area (Å²) in [4.78, 5) is 10.1. The van der Waals surface area contributed by atoms with Crippen LogP contribution in [0.3, 0.4) is 0 Å². The van der Waals surface area contributed by atoms with Crippen LogP contribution in [0, 0.1) is 90.0 Å². The smallest absolute Gasteiger partial charge is 0.00489 e. The van der Waals surface area contributed by atoms with Crippen LogP contribution in [0.1, 0.15) is 67.5 Å². The van der Waals surface area contributed by atoms with Crippen LogP contribution in [0.25, 0.3) is 0 Å². The van der Waals surface area contributed by atoms with Gasteiger partial charge in [0, 0.05) is 34.1 Å². The van der Waals surface area contributed by atoms with Crippen molar-refractivity contribution in [2.45, 2.75) is 90.0 Å². The van der Waals surface area contributed by atoms with Crippen molar-refractivity contribution in [2.24, 2.45) is 0 Å². The van der Waals surface area contributed by atoms with Crippen LogP contribution in [-0.2, 0) is 0 Å². The Hall–Kier alpha value is -1.20. The molecule has 0 saturated carbocycles. The van der Waals surface area contributed by atoms with Gasteiger partial charge in [0.05, 0.1) is 0 Å². The van der Waals surface area contributed by atoms with Crippen LogP contribution in [-0.4, -0.2) is 0 Å². The van der Waals surface area contributed by atoms with Crippen LogP contribution in [0.15, 0.2) is 17.5 Å². The summed E-state index contributed by atoms with van der Waals surface area (Å²) < 4.78 is 0. The van der Waals surface area contributed by atoms with Crippen molar-refractivity contribution in [3.05, 3.63) is 85.0 Å². The molecule has 4 heteroatoms. The largest absolute Gasteiger partial charge is 0.149 e. The maximum absolute atomic E-state index is 2.22. The van der Waals surface area contributed by atoms with Crippen LogP contribution in [0.4, 0.5) is 0 Å². The first-order valence-corrected chi connectivity index (χ1v) is 14.7. The molecule has 0 N–H and O–H groups in total. The average molecular weight is 519 g/mol. The van der Waals surface area contributed by atoms with E-state index in [1.807, 2.05) is 45.3 Å². The molecule has 0 aliphatic rings. The number of aryl methyl sites for hydroxylation is 10. The fourth-order valence-corrected chi connectivity index (χ4v) is 6.87. The number of hydrogen-bond acceptors (Lipinski definition) is 4. The maximum atomic E-state index is 2.22. The van der Waals surface area contributed by atoms with E-state index in [1.165, 1.54) is 67.5 Å². The Morgan fingerprint density at radius 2 is 0.788 bits per heavy atom. The molecule has 0 aliphatic heterocycles. The quantitative estimate of drug-likeness (QED) is 0.217. The Balaban J connectivity index is 0.000000220. The van der Waals surface area contributed by atoms with Crippen LogP contribution in [0.5, 0.6) is 0 Å². The lowest BCUT2D eigenvalue weighted by molar-refractivity contribution is 1.32. The van der Waals surface area contributed by atoms with Gasteiger partial charge in [-0.25, -0.2) is 0 Å². The van der Waals surface area contributed by atoms with Gasteiger partial charge in [-0.15, -0.1) is 45.3 Å². The monoisotopic (exact) mass is 518 g/mol. The molecule has 4 aromatic heterocycles. The van der Waals surface area contributed by atoms with E-state index >= 15 is 0 Å². The van der Waals surface area contributed by atoms with Gasteiger partial charge in [-0.1, -0.05) is 0 Å².